The number of rotatable bonds is 3. The van der Waals surface area contributed by atoms with E-state index in [-0.39, 0.29) is 11.8 Å². The summed E-state index contributed by atoms with van der Waals surface area (Å²) in [4.78, 5) is 23.3. The Hall–Kier alpha value is -2.24. The molecule has 1 aliphatic rings. The van der Waals surface area contributed by atoms with E-state index in [0.717, 1.165) is 41.4 Å². The van der Waals surface area contributed by atoms with Gasteiger partial charge in [0.15, 0.2) is 0 Å². The first kappa shape index (κ1) is 14.7. The molecule has 1 amide bonds. The standard InChI is InChI=1S/C16H21N5O/c1-10-4-6-17-16(18-10)13-5-7-21(9-13)15(22)8-14-11(2)19-20-12(14)3/h4,6,13H,5,7-9H2,1-3H3,(H,19,20). The van der Waals surface area contributed by atoms with E-state index in [2.05, 4.69) is 20.2 Å². The molecule has 1 saturated heterocycles. The summed E-state index contributed by atoms with van der Waals surface area (Å²) in [5.74, 6) is 1.25. The Balaban J connectivity index is 1.66. The zero-order chi connectivity index (χ0) is 15.7. The first-order valence-electron chi connectivity index (χ1n) is 7.62. The van der Waals surface area contributed by atoms with Crippen LogP contribution >= 0.6 is 0 Å². The second-order valence-corrected chi connectivity index (χ2v) is 5.97. The molecule has 6 nitrogen and oxygen atoms in total. The lowest BCUT2D eigenvalue weighted by Crippen LogP contribution is -2.30. The molecule has 0 bridgehead atoms. The van der Waals surface area contributed by atoms with Gasteiger partial charge in [-0.05, 0) is 33.3 Å². The minimum absolute atomic E-state index is 0.155. The van der Waals surface area contributed by atoms with Crippen molar-refractivity contribution in [3.63, 3.8) is 0 Å². The Labute approximate surface area is 130 Å². The van der Waals surface area contributed by atoms with E-state index < -0.39 is 0 Å². The summed E-state index contributed by atoms with van der Waals surface area (Å²) in [7, 11) is 0. The number of aromatic amines is 1. The quantitative estimate of drug-likeness (QED) is 0.935. The largest absolute Gasteiger partial charge is 0.342 e. The number of carbonyl (C=O) groups excluding carboxylic acids is 1. The van der Waals surface area contributed by atoms with Crippen molar-refractivity contribution in [3.05, 3.63) is 40.7 Å². The maximum Gasteiger partial charge on any atom is 0.227 e. The molecule has 2 aromatic rings. The average Bonchev–Trinajstić information content (AvgIpc) is 3.10. The van der Waals surface area contributed by atoms with Crippen LogP contribution in [-0.2, 0) is 11.2 Å². The lowest BCUT2D eigenvalue weighted by Gasteiger charge is -2.16. The second kappa shape index (κ2) is 5.87. The van der Waals surface area contributed by atoms with Gasteiger partial charge in [-0.15, -0.1) is 0 Å². The zero-order valence-electron chi connectivity index (χ0n) is 13.3. The number of amides is 1. The number of aryl methyl sites for hydroxylation is 3. The number of H-pyrrole nitrogens is 1. The van der Waals surface area contributed by atoms with Gasteiger partial charge in [-0.25, -0.2) is 9.97 Å². The van der Waals surface area contributed by atoms with E-state index in [0.29, 0.717) is 13.0 Å². The van der Waals surface area contributed by atoms with Crippen LogP contribution in [0.3, 0.4) is 0 Å². The number of aromatic nitrogens is 4. The Morgan fingerprint density at radius 3 is 2.91 bits per heavy atom. The summed E-state index contributed by atoms with van der Waals surface area (Å²) in [5, 5.41) is 7.09. The topological polar surface area (TPSA) is 74.8 Å². The highest BCUT2D eigenvalue weighted by Crippen LogP contribution is 2.25. The predicted molar refractivity (Wildman–Crippen MR) is 82.5 cm³/mol. The number of hydrogen-bond acceptors (Lipinski definition) is 4. The number of nitrogens with zero attached hydrogens (tertiary/aromatic N) is 4. The van der Waals surface area contributed by atoms with Crippen molar-refractivity contribution >= 4 is 5.91 Å². The fraction of sp³-hybridized carbons (Fsp3) is 0.500. The van der Waals surface area contributed by atoms with Crippen LogP contribution in [0.25, 0.3) is 0 Å². The normalized spacial score (nSPS) is 18.0. The van der Waals surface area contributed by atoms with Crippen LogP contribution in [-0.4, -0.2) is 44.1 Å². The third kappa shape index (κ3) is 2.86. The number of carbonyl (C=O) groups is 1. The van der Waals surface area contributed by atoms with E-state index in [4.69, 9.17) is 0 Å². The molecule has 2 aromatic heterocycles. The smallest absolute Gasteiger partial charge is 0.227 e. The van der Waals surface area contributed by atoms with E-state index in [1.54, 1.807) is 6.20 Å². The number of likely N-dealkylation sites (tertiary alicyclic amines) is 1. The fourth-order valence-corrected chi connectivity index (χ4v) is 2.96. The van der Waals surface area contributed by atoms with Gasteiger partial charge in [0, 0.05) is 42.2 Å². The van der Waals surface area contributed by atoms with Gasteiger partial charge in [0.2, 0.25) is 5.91 Å². The average molecular weight is 299 g/mol. The van der Waals surface area contributed by atoms with Gasteiger partial charge in [0.1, 0.15) is 5.82 Å². The van der Waals surface area contributed by atoms with Crippen molar-refractivity contribution < 1.29 is 4.79 Å². The maximum absolute atomic E-state index is 12.5. The molecule has 22 heavy (non-hydrogen) atoms. The van der Waals surface area contributed by atoms with Gasteiger partial charge in [-0.2, -0.15) is 5.10 Å². The van der Waals surface area contributed by atoms with Gasteiger partial charge in [0.05, 0.1) is 12.1 Å². The molecule has 0 saturated carbocycles. The summed E-state index contributed by atoms with van der Waals surface area (Å²) >= 11 is 0. The molecule has 0 aliphatic carbocycles. The summed E-state index contributed by atoms with van der Waals surface area (Å²) < 4.78 is 0. The van der Waals surface area contributed by atoms with E-state index in [9.17, 15) is 4.79 Å². The van der Waals surface area contributed by atoms with Gasteiger partial charge in [-0.1, -0.05) is 0 Å². The molecule has 1 N–H and O–H groups in total. The lowest BCUT2D eigenvalue weighted by atomic mass is 10.1. The molecule has 3 rings (SSSR count). The van der Waals surface area contributed by atoms with Crippen LogP contribution in [0, 0.1) is 20.8 Å². The van der Waals surface area contributed by atoms with Crippen molar-refractivity contribution in [1.29, 1.82) is 0 Å². The molecule has 0 radical (unpaired) electrons. The highest BCUT2D eigenvalue weighted by Gasteiger charge is 2.29. The molecule has 116 valence electrons. The first-order valence-corrected chi connectivity index (χ1v) is 7.62. The summed E-state index contributed by atoms with van der Waals surface area (Å²) in [6.45, 7) is 7.33. The van der Waals surface area contributed by atoms with Crippen LogP contribution in [0.2, 0.25) is 0 Å². The van der Waals surface area contributed by atoms with Gasteiger partial charge < -0.3 is 4.90 Å². The molecule has 1 fully saturated rings. The molecule has 1 unspecified atom stereocenters. The third-order valence-electron chi connectivity index (χ3n) is 4.33. The molecular weight excluding hydrogens is 278 g/mol. The van der Waals surface area contributed by atoms with Crippen molar-refractivity contribution in [3.8, 4) is 0 Å². The highest BCUT2D eigenvalue weighted by atomic mass is 16.2. The molecule has 3 heterocycles. The lowest BCUT2D eigenvalue weighted by molar-refractivity contribution is -0.129. The van der Waals surface area contributed by atoms with Crippen LogP contribution < -0.4 is 0 Å². The number of hydrogen-bond donors (Lipinski definition) is 1. The molecule has 0 spiro atoms. The van der Waals surface area contributed by atoms with Crippen LogP contribution in [0.1, 0.15) is 40.8 Å². The Morgan fingerprint density at radius 1 is 1.41 bits per heavy atom. The zero-order valence-corrected chi connectivity index (χ0v) is 13.3. The molecular formula is C16H21N5O. The van der Waals surface area contributed by atoms with E-state index in [1.165, 1.54) is 0 Å². The molecule has 1 aliphatic heterocycles. The SMILES string of the molecule is Cc1ccnc(C2CCN(C(=O)Cc3c(C)n[nH]c3C)C2)n1. The van der Waals surface area contributed by atoms with Crippen LogP contribution in [0.5, 0.6) is 0 Å². The molecule has 6 heteroatoms. The van der Waals surface area contributed by atoms with Crippen molar-refractivity contribution in [2.45, 2.75) is 39.5 Å². The van der Waals surface area contributed by atoms with Gasteiger partial charge in [-0.3, -0.25) is 9.89 Å². The molecule has 1 atom stereocenters. The van der Waals surface area contributed by atoms with Crippen molar-refractivity contribution in [2.75, 3.05) is 13.1 Å². The van der Waals surface area contributed by atoms with E-state index in [1.807, 2.05) is 31.7 Å². The minimum Gasteiger partial charge on any atom is -0.342 e. The van der Waals surface area contributed by atoms with Crippen LogP contribution in [0.4, 0.5) is 0 Å². The summed E-state index contributed by atoms with van der Waals surface area (Å²) in [5.41, 5.74) is 3.87. The Bertz CT molecular complexity index is 674. The molecule has 0 aromatic carbocycles. The summed E-state index contributed by atoms with van der Waals surface area (Å²) in [6, 6.07) is 1.89. The Morgan fingerprint density at radius 2 is 2.23 bits per heavy atom. The highest BCUT2D eigenvalue weighted by molar-refractivity contribution is 5.79. The summed E-state index contributed by atoms with van der Waals surface area (Å²) in [6.07, 6.45) is 3.13. The second-order valence-electron chi connectivity index (χ2n) is 5.97. The Kier molecular flexibility index (Phi) is 3.92. The van der Waals surface area contributed by atoms with Crippen molar-refractivity contribution in [2.24, 2.45) is 0 Å². The first-order chi connectivity index (χ1) is 10.5. The fourth-order valence-electron chi connectivity index (χ4n) is 2.96. The maximum atomic E-state index is 12.5. The number of nitrogens with one attached hydrogen (secondary N) is 1. The minimum atomic E-state index is 0.155. The van der Waals surface area contributed by atoms with Gasteiger partial charge in [0.25, 0.3) is 0 Å². The predicted octanol–water partition coefficient (Wildman–Crippen LogP) is 1.68. The van der Waals surface area contributed by atoms with Gasteiger partial charge >= 0.3 is 0 Å². The monoisotopic (exact) mass is 299 g/mol. The van der Waals surface area contributed by atoms with E-state index >= 15 is 0 Å². The van der Waals surface area contributed by atoms with Crippen LogP contribution in [0.15, 0.2) is 12.3 Å². The van der Waals surface area contributed by atoms with Crippen molar-refractivity contribution in [1.82, 2.24) is 25.1 Å². The third-order valence-corrected chi connectivity index (χ3v) is 4.33.